The molecule has 1 aliphatic heterocycles. The standard InChI is InChI=1S/C17H25N5O4S/c1-11-9-12(2)16(15-14(11)20-26-21-15)27(24,25)19-6-4-8-22-7-3-5-13(10-22)17(18)23/h9,13,19H,3-8,10H2,1-2H3,(H2,18,23)/t13-/m1/s1. The van der Waals surface area contributed by atoms with E-state index in [9.17, 15) is 13.2 Å². The molecule has 3 N–H and O–H groups in total. The van der Waals surface area contributed by atoms with Crippen LogP contribution >= 0.6 is 0 Å². The highest BCUT2D eigenvalue weighted by Gasteiger charge is 2.25. The predicted molar refractivity (Wildman–Crippen MR) is 99.4 cm³/mol. The summed E-state index contributed by atoms with van der Waals surface area (Å²) in [6, 6.07) is 1.76. The number of nitrogens with zero attached hydrogens (tertiary/aromatic N) is 3. The van der Waals surface area contributed by atoms with Gasteiger partial charge in [-0.1, -0.05) is 6.07 Å². The van der Waals surface area contributed by atoms with E-state index in [-0.39, 0.29) is 22.2 Å². The first-order valence-corrected chi connectivity index (χ1v) is 10.5. The number of amides is 1. The molecule has 1 aromatic heterocycles. The summed E-state index contributed by atoms with van der Waals surface area (Å²) >= 11 is 0. The van der Waals surface area contributed by atoms with Crippen molar-refractivity contribution >= 4 is 27.0 Å². The zero-order chi connectivity index (χ0) is 19.6. The highest BCUT2D eigenvalue weighted by Crippen LogP contribution is 2.26. The van der Waals surface area contributed by atoms with Crippen molar-refractivity contribution in [2.75, 3.05) is 26.2 Å². The lowest BCUT2D eigenvalue weighted by molar-refractivity contribution is -0.123. The number of likely N-dealkylation sites (tertiary alicyclic amines) is 1. The summed E-state index contributed by atoms with van der Waals surface area (Å²) in [6.07, 6.45) is 2.39. The third-order valence-corrected chi connectivity index (χ3v) is 6.63. The van der Waals surface area contributed by atoms with Gasteiger partial charge in [-0.05, 0) is 67.6 Å². The molecule has 148 valence electrons. The number of piperidine rings is 1. The van der Waals surface area contributed by atoms with Gasteiger partial charge in [-0.3, -0.25) is 4.79 Å². The van der Waals surface area contributed by atoms with Gasteiger partial charge in [0.15, 0.2) is 5.52 Å². The Labute approximate surface area is 158 Å². The summed E-state index contributed by atoms with van der Waals surface area (Å²) in [4.78, 5) is 13.6. The topological polar surface area (TPSA) is 131 Å². The van der Waals surface area contributed by atoms with E-state index >= 15 is 0 Å². The molecule has 1 amide bonds. The van der Waals surface area contributed by atoms with Crippen LogP contribution in [0.4, 0.5) is 0 Å². The molecule has 2 heterocycles. The summed E-state index contributed by atoms with van der Waals surface area (Å²) < 4.78 is 32.9. The van der Waals surface area contributed by atoms with E-state index in [2.05, 4.69) is 19.9 Å². The molecule has 0 unspecified atom stereocenters. The number of aryl methyl sites for hydroxylation is 2. The lowest BCUT2D eigenvalue weighted by Crippen LogP contribution is -2.42. The van der Waals surface area contributed by atoms with E-state index in [0.29, 0.717) is 37.1 Å². The molecule has 0 aliphatic carbocycles. The van der Waals surface area contributed by atoms with Crippen molar-refractivity contribution < 1.29 is 17.8 Å². The number of fused-ring (bicyclic) bond motifs is 1. The van der Waals surface area contributed by atoms with Crippen LogP contribution in [0, 0.1) is 19.8 Å². The van der Waals surface area contributed by atoms with Crippen LogP contribution in [0.1, 0.15) is 30.4 Å². The zero-order valence-corrected chi connectivity index (χ0v) is 16.4. The number of hydrogen-bond donors (Lipinski definition) is 2. The third-order valence-electron chi connectivity index (χ3n) is 4.99. The third kappa shape index (κ3) is 4.28. The van der Waals surface area contributed by atoms with Gasteiger partial charge in [0.05, 0.1) is 5.92 Å². The highest BCUT2D eigenvalue weighted by molar-refractivity contribution is 7.89. The summed E-state index contributed by atoms with van der Waals surface area (Å²) in [5.41, 5.74) is 7.51. The molecule has 1 aliphatic rings. The Balaban J connectivity index is 1.61. The number of carbonyl (C=O) groups excluding carboxylic acids is 1. The van der Waals surface area contributed by atoms with Crippen LogP contribution in [-0.4, -0.2) is 55.7 Å². The molecule has 1 fully saturated rings. The van der Waals surface area contributed by atoms with Crippen molar-refractivity contribution in [3.63, 3.8) is 0 Å². The number of nitrogens with two attached hydrogens (primary N) is 1. The average Bonchev–Trinajstić information content (AvgIpc) is 3.08. The molecule has 0 saturated carbocycles. The minimum Gasteiger partial charge on any atom is -0.369 e. The summed E-state index contributed by atoms with van der Waals surface area (Å²) in [6.45, 7) is 6.11. The first-order valence-electron chi connectivity index (χ1n) is 9.03. The molecular formula is C17H25N5O4S. The number of hydrogen-bond acceptors (Lipinski definition) is 7. The summed E-state index contributed by atoms with van der Waals surface area (Å²) in [7, 11) is -3.74. The van der Waals surface area contributed by atoms with E-state index < -0.39 is 10.0 Å². The highest BCUT2D eigenvalue weighted by atomic mass is 32.2. The van der Waals surface area contributed by atoms with Gasteiger partial charge < -0.3 is 10.6 Å². The second kappa shape index (κ2) is 7.91. The molecule has 2 aromatic rings. The van der Waals surface area contributed by atoms with Crippen LogP contribution in [0.5, 0.6) is 0 Å². The number of nitrogens with one attached hydrogen (secondary N) is 1. The van der Waals surface area contributed by atoms with Gasteiger partial charge in [0.2, 0.25) is 15.9 Å². The quantitative estimate of drug-likeness (QED) is 0.660. The molecule has 3 rings (SSSR count). The molecule has 1 atom stereocenters. The predicted octanol–water partition coefficient (Wildman–Crippen LogP) is 0.705. The SMILES string of the molecule is Cc1cc(C)c2nonc2c1S(=O)(=O)NCCCN1CCC[C@@H](C(N)=O)C1. The van der Waals surface area contributed by atoms with E-state index in [0.717, 1.165) is 24.9 Å². The second-order valence-corrected chi connectivity index (χ2v) is 8.80. The van der Waals surface area contributed by atoms with Crippen LogP contribution in [0.15, 0.2) is 15.6 Å². The number of primary amides is 1. The van der Waals surface area contributed by atoms with Gasteiger partial charge >= 0.3 is 0 Å². The van der Waals surface area contributed by atoms with Gasteiger partial charge in [0.1, 0.15) is 10.4 Å². The molecule has 27 heavy (non-hydrogen) atoms. The van der Waals surface area contributed by atoms with Crippen LogP contribution in [-0.2, 0) is 14.8 Å². The fraction of sp³-hybridized carbons (Fsp3) is 0.588. The lowest BCUT2D eigenvalue weighted by Gasteiger charge is -2.31. The van der Waals surface area contributed by atoms with Crippen LogP contribution in [0.3, 0.4) is 0 Å². The molecule has 1 saturated heterocycles. The van der Waals surface area contributed by atoms with Gasteiger partial charge in [-0.25, -0.2) is 17.8 Å². The first kappa shape index (κ1) is 19.7. The maximum Gasteiger partial charge on any atom is 0.243 e. The molecule has 0 radical (unpaired) electrons. The first-order chi connectivity index (χ1) is 12.8. The van der Waals surface area contributed by atoms with Crippen molar-refractivity contribution in [1.29, 1.82) is 0 Å². The largest absolute Gasteiger partial charge is 0.369 e. The molecule has 9 nitrogen and oxygen atoms in total. The van der Waals surface area contributed by atoms with Gasteiger partial charge in [-0.2, -0.15) is 0 Å². The number of aromatic nitrogens is 2. The van der Waals surface area contributed by atoms with E-state index in [1.807, 2.05) is 6.92 Å². The molecule has 0 spiro atoms. The van der Waals surface area contributed by atoms with Crippen molar-refractivity contribution in [3.8, 4) is 0 Å². The Kier molecular flexibility index (Phi) is 5.78. The smallest absolute Gasteiger partial charge is 0.243 e. The van der Waals surface area contributed by atoms with E-state index in [1.54, 1.807) is 13.0 Å². The van der Waals surface area contributed by atoms with E-state index in [4.69, 9.17) is 10.4 Å². The number of carbonyl (C=O) groups is 1. The normalized spacial score (nSPS) is 18.8. The molecular weight excluding hydrogens is 370 g/mol. The fourth-order valence-electron chi connectivity index (χ4n) is 3.65. The number of benzene rings is 1. The minimum atomic E-state index is -3.74. The Morgan fingerprint density at radius 1 is 1.33 bits per heavy atom. The van der Waals surface area contributed by atoms with Crippen LogP contribution < -0.4 is 10.5 Å². The van der Waals surface area contributed by atoms with Crippen molar-refractivity contribution in [2.24, 2.45) is 11.7 Å². The Hall–Kier alpha value is -2.04. The van der Waals surface area contributed by atoms with Gasteiger partial charge in [-0.15, -0.1) is 0 Å². The van der Waals surface area contributed by atoms with Gasteiger partial charge in [0, 0.05) is 13.1 Å². The second-order valence-electron chi connectivity index (χ2n) is 7.09. The fourth-order valence-corrected chi connectivity index (χ4v) is 5.08. The Morgan fingerprint density at radius 3 is 2.81 bits per heavy atom. The lowest BCUT2D eigenvalue weighted by atomic mass is 9.97. The number of sulfonamides is 1. The molecule has 1 aromatic carbocycles. The van der Waals surface area contributed by atoms with Crippen LogP contribution in [0.25, 0.3) is 11.0 Å². The minimum absolute atomic E-state index is 0.108. The van der Waals surface area contributed by atoms with Crippen molar-refractivity contribution in [3.05, 3.63) is 17.2 Å². The molecule has 0 bridgehead atoms. The number of rotatable bonds is 7. The van der Waals surface area contributed by atoms with Crippen molar-refractivity contribution in [1.82, 2.24) is 19.9 Å². The van der Waals surface area contributed by atoms with Crippen LogP contribution in [0.2, 0.25) is 0 Å². The maximum absolute atomic E-state index is 12.8. The molecule has 10 heteroatoms. The van der Waals surface area contributed by atoms with Gasteiger partial charge in [0.25, 0.3) is 0 Å². The summed E-state index contributed by atoms with van der Waals surface area (Å²) in [5, 5.41) is 7.57. The monoisotopic (exact) mass is 395 g/mol. The summed E-state index contributed by atoms with van der Waals surface area (Å²) in [5.74, 6) is -0.376. The maximum atomic E-state index is 12.8. The average molecular weight is 395 g/mol. The Morgan fingerprint density at radius 2 is 2.07 bits per heavy atom. The Bertz CT molecular complexity index is 940. The van der Waals surface area contributed by atoms with Crippen molar-refractivity contribution in [2.45, 2.75) is 38.0 Å². The zero-order valence-electron chi connectivity index (χ0n) is 15.6. The van der Waals surface area contributed by atoms with E-state index in [1.165, 1.54) is 0 Å².